The van der Waals surface area contributed by atoms with E-state index in [1.54, 1.807) is 6.20 Å². The van der Waals surface area contributed by atoms with E-state index in [1.165, 1.54) is 6.42 Å². The summed E-state index contributed by atoms with van der Waals surface area (Å²) in [6.45, 7) is 4.18. The minimum absolute atomic E-state index is 0.0252. The summed E-state index contributed by atoms with van der Waals surface area (Å²) in [7, 11) is 0. The average molecular weight is 205 g/mol. The van der Waals surface area contributed by atoms with E-state index >= 15 is 0 Å². The van der Waals surface area contributed by atoms with Crippen molar-refractivity contribution in [1.82, 2.24) is 9.97 Å². The number of aryl methyl sites for hydroxylation is 1. The van der Waals surface area contributed by atoms with Gasteiger partial charge in [-0.15, -0.1) is 0 Å². The van der Waals surface area contributed by atoms with Crippen LogP contribution in [0.15, 0.2) is 6.20 Å². The number of fused-ring (bicyclic) bond motifs is 1. The van der Waals surface area contributed by atoms with Crippen LogP contribution in [0.25, 0.3) is 0 Å². The third-order valence-corrected chi connectivity index (χ3v) is 3.50. The first-order valence-electron chi connectivity index (χ1n) is 5.46. The smallest absolute Gasteiger partial charge is 0.225 e. The van der Waals surface area contributed by atoms with E-state index in [0.717, 1.165) is 42.1 Å². The van der Waals surface area contributed by atoms with E-state index in [9.17, 15) is 0 Å². The molecule has 1 saturated carbocycles. The Morgan fingerprint density at radius 3 is 2.80 bits per heavy atom. The second-order valence-corrected chi connectivity index (χ2v) is 4.60. The molecule has 2 atom stereocenters. The van der Waals surface area contributed by atoms with E-state index in [1.807, 2.05) is 6.92 Å². The molecule has 2 unspecified atom stereocenters. The van der Waals surface area contributed by atoms with Gasteiger partial charge in [0.15, 0.2) is 0 Å². The van der Waals surface area contributed by atoms with E-state index < -0.39 is 0 Å². The fourth-order valence-electron chi connectivity index (χ4n) is 2.35. The lowest BCUT2D eigenvalue weighted by Crippen LogP contribution is -2.24. The van der Waals surface area contributed by atoms with Gasteiger partial charge in [-0.3, -0.25) is 0 Å². The molecule has 2 fully saturated rings. The molecule has 2 aliphatic rings. The Balaban J connectivity index is 1.83. The van der Waals surface area contributed by atoms with Crippen LogP contribution in [0.2, 0.25) is 0 Å². The molecule has 1 N–H and O–H groups in total. The van der Waals surface area contributed by atoms with Gasteiger partial charge in [0.1, 0.15) is 0 Å². The van der Waals surface area contributed by atoms with Crippen molar-refractivity contribution in [1.29, 1.82) is 0 Å². The van der Waals surface area contributed by atoms with E-state index in [-0.39, 0.29) is 6.61 Å². The van der Waals surface area contributed by atoms with Gasteiger partial charge in [0.25, 0.3) is 0 Å². The molecule has 4 heteroatoms. The maximum Gasteiger partial charge on any atom is 0.225 e. The van der Waals surface area contributed by atoms with Gasteiger partial charge >= 0.3 is 0 Å². The summed E-state index contributed by atoms with van der Waals surface area (Å²) in [6, 6.07) is 0. The predicted molar refractivity (Wildman–Crippen MR) is 56.5 cm³/mol. The Labute approximate surface area is 89.0 Å². The summed E-state index contributed by atoms with van der Waals surface area (Å²) in [6.07, 6.45) is 3.13. The molecule has 1 aliphatic carbocycles. The van der Waals surface area contributed by atoms with Crippen molar-refractivity contribution in [2.45, 2.75) is 20.0 Å². The molecule has 1 aliphatic heterocycles. The maximum absolute atomic E-state index is 9.03. The van der Waals surface area contributed by atoms with Gasteiger partial charge in [-0.1, -0.05) is 0 Å². The number of rotatable bonds is 2. The van der Waals surface area contributed by atoms with Crippen LogP contribution >= 0.6 is 0 Å². The van der Waals surface area contributed by atoms with Crippen LogP contribution in [0.4, 0.5) is 5.95 Å². The average Bonchev–Trinajstić information content (AvgIpc) is 2.86. The molecular weight excluding hydrogens is 190 g/mol. The van der Waals surface area contributed by atoms with Crippen molar-refractivity contribution < 1.29 is 5.11 Å². The van der Waals surface area contributed by atoms with Crippen LogP contribution in [0, 0.1) is 18.8 Å². The number of aromatic nitrogens is 2. The van der Waals surface area contributed by atoms with Crippen molar-refractivity contribution in [3.63, 3.8) is 0 Å². The highest BCUT2D eigenvalue weighted by Gasteiger charge is 2.45. The summed E-state index contributed by atoms with van der Waals surface area (Å²) in [5.41, 5.74) is 1.71. The largest absolute Gasteiger partial charge is 0.392 e. The monoisotopic (exact) mass is 205 g/mol. The predicted octanol–water partition coefficient (Wildman–Crippen LogP) is 0.733. The number of nitrogens with zero attached hydrogens (tertiary/aromatic N) is 3. The highest BCUT2D eigenvalue weighted by atomic mass is 16.3. The summed E-state index contributed by atoms with van der Waals surface area (Å²) >= 11 is 0. The summed E-state index contributed by atoms with van der Waals surface area (Å²) in [4.78, 5) is 11.0. The third kappa shape index (κ3) is 1.49. The highest BCUT2D eigenvalue weighted by molar-refractivity contribution is 5.36. The van der Waals surface area contributed by atoms with E-state index in [4.69, 9.17) is 5.11 Å². The molecule has 1 saturated heterocycles. The second kappa shape index (κ2) is 3.17. The van der Waals surface area contributed by atoms with Crippen LogP contribution in [0.3, 0.4) is 0 Å². The van der Waals surface area contributed by atoms with Crippen molar-refractivity contribution in [3.8, 4) is 0 Å². The van der Waals surface area contributed by atoms with E-state index in [2.05, 4.69) is 14.9 Å². The van der Waals surface area contributed by atoms with Gasteiger partial charge in [-0.2, -0.15) is 0 Å². The van der Waals surface area contributed by atoms with Crippen molar-refractivity contribution >= 4 is 5.95 Å². The number of aliphatic hydroxyl groups is 1. The molecule has 2 heterocycles. The molecule has 0 bridgehead atoms. The Morgan fingerprint density at radius 1 is 1.47 bits per heavy atom. The van der Waals surface area contributed by atoms with Crippen LogP contribution in [0.5, 0.6) is 0 Å². The Bertz CT molecular complexity index is 383. The van der Waals surface area contributed by atoms with E-state index in [0.29, 0.717) is 0 Å². The molecular formula is C11H15N3O. The Morgan fingerprint density at radius 2 is 2.20 bits per heavy atom. The molecule has 1 aromatic rings. The summed E-state index contributed by atoms with van der Waals surface area (Å²) in [5, 5.41) is 9.03. The number of hydrogen-bond acceptors (Lipinski definition) is 4. The SMILES string of the molecule is Cc1nc(N2CC3CC3C2)ncc1CO. The molecule has 3 rings (SSSR count). The Hall–Kier alpha value is -1.16. The number of aliphatic hydroxyl groups excluding tert-OH is 1. The van der Waals surface area contributed by atoms with Gasteiger partial charge in [0, 0.05) is 30.5 Å². The summed E-state index contributed by atoms with van der Waals surface area (Å²) < 4.78 is 0. The lowest BCUT2D eigenvalue weighted by molar-refractivity contribution is 0.280. The molecule has 0 amide bonds. The molecule has 80 valence electrons. The molecule has 0 radical (unpaired) electrons. The lowest BCUT2D eigenvalue weighted by Gasteiger charge is -2.18. The van der Waals surface area contributed by atoms with Gasteiger partial charge in [-0.05, 0) is 25.2 Å². The Kier molecular flexibility index (Phi) is 1.92. The minimum Gasteiger partial charge on any atom is -0.392 e. The first-order valence-corrected chi connectivity index (χ1v) is 5.46. The van der Waals surface area contributed by atoms with Crippen molar-refractivity contribution in [2.75, 3.05) is 18.0 Å². The highest BCUT2D eigenvalue weighted by Crippen LogP contribution is 2.45. The van der Waals surface area contributed by atoms with Crippen molar-refractivity contribution in [3.05, 3.63) is 17.5 Å². The standard InChI is InChI=1S/C11H15N3O/c1-7-10(6-15)3-12-11(13-7)14-4-8-2-9(8)5-14/h3,8-9,15H,2,4-6H2,1H3. The first-order chi connectivity index (χ1) is 7.28. The van der Waals surface area contributed by atoms with Crippen LogP contribution in [0.1, 0.15) is 17.7 Å². The van der Waals surface area contributed by atoms with Gasteiger partial charge < -0.3 is 10.0 Å². The zero-order valence-electron chi connectivity index (χ0n) is 8.85. The van der Waals surface area contributed by atoms with Gasteiger partial charge in [-0.25, -0.2) is 9.97 Å². The normalized spacial score (nSPS) is 28.0. The zero-order chi connectivity index (χ0) is 10.4. The number of hydrogen-bond donors (Lipinski definition) is 1. The molecule has 15 heavy (non-hydrogen) atoms. The van der Waals surface area contributed by atoms with Crippen LogP contribution in [-0.2, 0) is 6.61 Å². The van der Waals surface area contributed by atoms with Crippen LogP contribution in [-0.4, -0.2) is 28.2 Å². The fourth-order valence-corrected chi connectivity index (χ4v) is 2.35. The molecule has 0 spiro atoms. The molecule has 1 aromatic heterocycles. The fraction of sp³-hybridized carbons (Fsp3) is 0.636. The third-order valence-electron chi connectivity index (χ3n) is 3.50. The minimum atomic E-state index is 0.0252. The quantitative estimate of drug-likeness (QED) is 0.773. The first kappa shape index (κ1) is 9.09. The number of piperidine rings is 1. The molecule has 4 nitrogen and oxygen atoms in total. The van der Waals surface area contributed by atoms with Gasteiger partial charge in [0.05, 0.1) is 6.61 Å². The van der Waals surface area contributed by atoms with Gasteiger partial charge in [0.2, 0.25) is 5.95 Å². The number of anilines is 1. The lowest BCUT2D eigenvalue weighted by atomic mass is 10.2. The maximum atomic E-state index is 9.03. The summed E-state index contributed by atoms with van der Waals surface area (Å²) in [5.74, 6) is 2.62. The second-order valence-electron chi connectivity index (χ2n) is 4.60. The molecule has 0 aromatic carbocycles. The topological polar surface area (TPSA) is 49.2 Å². The van der Waals surface area contributed by atoms with Crippen LogP contribution < -0.4 is 4.90 Å². The zero-order valence-corrected chi connectivity index (χ0v) is 8.85. The van der Waals surface area contributed by atoms with Crippen molar-refractivity contribution in [2.24, 2.45) is 11.8 Å².